The fourth-order valence-electron chi connectivity index (χ4n) is 1.19. The zero-order valence-electron chi connectivity index (χ0n) is 8.81. The second kappa shape index (κ2) is 5.40. The minimum atomic E-state index is -0.802. The van der Waals surface area contributed by atoms with Crippen molar-refractivity contribution >= 4 is 29.5 Å². The molecule has 0 fully saturated rings. The summed E-state index contributed by atoms with van der Waals surface area (Å²) in [6.45, 7) is 1.69. The molecule has 0 amide bonds. The maximum absolute atomic E-state index is 11.5. The number of hydrogen-bond donors (Lipinski definition) is 0. The van der Waals surface area contributed by atoms with E-state index < -0.39 is 16.6 Å². The molecular formula is C10H8ClNO5. The fraction of sp³-hybridized carbons (Fsp3) is 0.200. The van der Waals surface area contributed by atoms with Gasteiger partial charge in [0.05, 0.1) is 17.1 Å². The number of nitrogens with zero attached hydrogens (tertiary/aromatic N) is 1. The van der Waals surface area contributed by atoms with E-state index in [4.69, 9.17) is 11.6 Å². The van der Waals surface area contributed by atoms with Crippen LogP contribution in [-0.2, 0) is 4.74 Å². The van der Waals surface area contributed by atoms with E-state index in [1.54, 1.807) is 6.92 Å². The molecule has 1 aromatic carbocycles. The number of carbonyl (C=O) groups excluding carboxylic acids is 2. The molecule has 1 aromatic rings. The standard InChI is InChI=1S/C10H8ClNO5/c1-2-17-10(14)7-3-6(5-13)4-8(9(7)11)12(15)16/h3-5H,2H2,1H3. The van der Waals surface area contributed by atoms with E-state index in [1.165, 1.54) is 0 Å². The zero-order valence-corrected chi connectivity index (χ0v) is 9.56. The van der Waals surface area contributed by atoms with E-state index in [2.05, 4.69) is 4.74 Å². The molecule has 0 atom stereocenters. The quantitative estimate of drug-likeness (QED) is 0.357. The lowest BCUT2D eigenvalue weighted by Gasteiger charge is -2.05. The van der Waals surface area contributed by atoms with Crippen LogP contribution in [0.3, 0.4) is 0 Å². The van der Waals surface area contributed by atoms with Crippen molar-refractivity contribution in [2.24, 2.45) is 0 Å². The van der Waals surface area contributed by atoms with E-state index in [0.29, 0.717) is 6.29 Å². The predicted molar refractivity (Wildman–Crippen MR) is 59.5 cm³/mol. The smallest absolute Gasteiger partial charge is 0.339 e. The molecule has 0 saturated carbocycles. The molecule has 7 heteroatoms. The van der Waals surface area contributed by atoms with Crippen molar-refractivity contribution in [1.29, 1.82) is 0 Å². The van der Waals surface area contributed by atoms with E-state index in [9.17, 15) is 19.7 Å². The number of nitro benzene ring substituents is 1. The first-order valence-electron chi connectivity index (χ1n) is 4.61. The number of benzene rings is 1. The molecule has 0 unspecified atom stereocenters. The second-order valence-corrected chi connectivity index (χ2v) is 3.37. The molecule has 0 aliphatic rings. The van der Waals surface area contributed by atoms with Crippen LogP contribution in [0.5, 0.6) is 0 Å². The molecule has 0 spiro atoms. The van der Waals surface area contributed by atoms with Gasteiger partial charge in [0.15, 0.2) is 0 Å². The van der Waals surface area contributed by atoms with Gasteiger partial charge in [-0.25, -0.2) is 4.79 Å². The number of carbonyl (C=O) groups is 2. The summed E-state index contributed by atoms with van der Waals surface area (Å²) in [5, 5.41) is 10.3. The van der Waals surface area contributed by atoms with Gasteiger partial charge in [-0.2, -0.15) is 0 Å². The molecule has 0 aliphatic heterocycles. The van der Waals surface area contributed by atoms with Gasteiger partial charge in [0.25, 0.3) is 5.69 Å². The highest BCUT2D eigenvalue weighted by Gasteiger charge is 2.22. The van der Waals surface area contributed by atoms with Crippen molar-refractivity contribution in [2.75, 3.05) is 6.61 Å². The van der Waals surface area contributed by atoms with Gasteiger partial charge in [-0.1, -0.05) is 11.6 Å². The van der Waals surface area contributed by atoms with Gasteiger partial charge in [-0.3, -0.25) is 14.9 Å². The van der Waals surface area contributed by atoms with E-state index in [0.717, 1.165) is 12.1 Å². The zero-order chi connectivity index (χ0) is 13.0. The Morgan fingerprint density at radius 2 is 2.24 bits per heavy atom. The highest BCUT2D eigenvalue weighted by atomic mass is 35.5. The highest BCUT2D eigenvalue weighted by Crippen LogP contribution is 2.29. The molecule has 0 aliphatic carbocycles. The average molecular weight is 258 g/mol. The molecular weight excluding hydrogens is 250 g/mol. The number of nitro groups is 1. The third kappa shape index (κ3) is 2.79. The van der Waals surface area contributed by atoms with Gasteiger partial charge >= 0.3 is 5.97 Å². The summed E-state index contributed by atoms with van der Waals surface area (Å²) in [6, 6.07) is 2.15. The number of aldehydes is 1. The lowest BCUT2D eigenvalue weighted by atomic mass is 10.1. The maximum atomic E-state index is 11.5. The first-order chi connectivity index (χ1) is 8.01. The molecule has 1 rings (SSSR count). The van der Waals surface area contributed by atoms with Gasteiger partial charge in [-0.05, 0) is 13.0 Å². The third-order valence-electron chi connectivity index (χ3n) is 1.90. The molecule has 0 saturated heterocycles. The number of rotatable bonds is 4. The molecule has 0 N–H and O–H groups in total. The third-order valence-corrected chi connectivity index (χ3v) is 2.30. The first-order valence-corrected chi connectivity index (χ1v) is 4.99. The molecule has 0 aromatic heterocycles. The Labute approximate surface area is 101 Å². The number of esters is 1. The Morgan fingerprint density at radius 3 is 2.71 bits per heavy atom. The molecule has 0 radical (unpaired) electrons. The predicted octanol–water partition coefficient (Wildman–Crippen LogP) is 2.24. The largest absolute Gasteiger partial charge is 0.462 e. The Kier molecular flexibility index (Phi) is 4.17. The van der Waals surface area contributed by atoms with Crippen molar-refractivity contribution < 1.29 is 19.2 Å². The Morgan fingerprint density at radius 1 is 1.59 bits per heavy atom. The summed E-state index contributed by atoms with van der Waals surface area (Å²) in [5.74, 6) is -0.802. The van der Waals surface area contributed by atoms with Gasteiger partial charge in [0.1, 0.15) is 11.3 Å². The van der Waals surface area contributed by atoms with Crippen molar-refractivity contribution in [1.82, 2.24) is 0 Å². The van der Waals surface area contributed by atoms with Crippen LogP contribution in [0.4, 0.5) is 5.69 Å². The van der Waals surface area contributed by atoms with Crippen LogP contribution in [0.25, 0.3) is 0 Å². The summed E-state index contributed by atoms with van der Waals surface area (Å²) in [7, 11) is 0. The van der Waals surface area contributed by atoms with Crippen LogP contribution in [-0.4, -0.2) is 23.8 Å². The molecule has 0 heterocycles. The van der Waals surface area contributed by atoms with Crippen molar-refractivity contribution in [3.63, 3.8) is 0 Å². The van der Waals surface area contributed by atoms with E-state index >= 15 is 0 Å². The topological polar surface area (TPSA) is 86.5 Å². The normalized spacial score (nSPS) is 9.76. The van der Waals surface area contributed by atoms with Crippen molar-refractivity contribution in [3.8, 4) is 0 Å². The molecule has 6 nitrogen and oxygen atoms in total. The van der Waals surface area contributed by atoms with Crippen LogP contribution >= 0.6 is 11.6 Å². The summed E-state index contributed by atoms with van der Waals surface area (Å²) in [4.78, 5) is 32.0. The summed E-state index contributed by atoms with van der Waals surface area (Å²) in [6.07, 6.45) is 0.395. The summed E-state index contributed by atoms with van der Waals surface area (Å²) < 4.78 is 4.68. The van der Waals surface area contributed by atoms with Crippen LogP contribution in [0, 0.1) is 10.1 Å². The minimum Gasteiger partial charge on any atom is -0.462 e. The Balaban J connectivity index is 3.38. The van der Waals surface area contributed by atoms with Crippen molar-refractivity contribution in [2.45, 2.75) is 6.92 Å². The lowest BCUT2D eigenvalue weighted by molar-refractivity contribution is -0.384. The summed E-state index contributed by atoms with van der Waals surface area (Å²) in [5.41, 5.74) is -0.701. The number of ether oxygens (including phenoxy) is 1. The lowest BCUT2D eigenvalue weighted by Crippen LogP contribution is -2.07. The van der Waals surface area contributed by atoms with Crippen LogP contribution in [0.2, 0.25) is 5.02 Å². The maximum Gasteiger partial charge on any atom is 0.339 e. The first kappa shape index (κ1) is 13.1. The Hall–Kier alpha value is -1.95. The van der Waals surface area contributed by atoms with E-state index in [1.807, 2.05) is 0 Å². The van der Waals surface area contributed by atoms with Gasteiger partial charge in [-0.15, -0.1) is 0 Å². The fourth-order valence-corrected chi connectivity index (χ4v) is 1.44. The average Bonchev–Trinajstić information content (AvgIpc) is 2.29. The second-order valence-electron chi connectivity index (χ2n) is 3.00. The monoisotopic (exact) mass is 257 g/mol. The van der Waals surface area contributed by atoms with Crippen LogP contribution < -0.4 is 0 Å². The highest BCUT2D eigenvalue weighted by molar-refractivity contribution is 6.35. The van der Waals surface area contributed by atoms with E-state index in [-0.39, 0.29) is 22.8 Å². The Bertz CT molecular complexity index is 486. The number of halogens is 1. The minimum absolute atomic E-state index is 0.0100. The summed E-state index contributed by atoms with van der Waals surface area (Å²) >= 11 is 5.70. The molecule has 0 bridgehead atoms. The van der Waals surface area contributed by atoms with Crippen molar-refractivity contribution in [3.05, 3.63) is 38.4 Å². The van der Waals surface area contributed by atoms with Gasteiger partial charge in [0, 0.05) is 11.6 Å². The molecule has 17 heavy (non-hydrogen) atoms. The van der Waals surface area contributed by atoms with Gasteiger partial charge in [0.2, 0.25) is 0 Å². The molecule has 90 valence electrons. The van der Waals surface area contributed by atoms with Crippen LogP contribution in [0.1, 0.15) is 27.6 Å². The van der Waals surface area contributed by atoms with Crippen LogP contribution in [0.15, 0.2) is 12.1 Å². The SMILES string of the molecule is CCOC(=O)c1cc(C=O)cc([N+](=O)[O-])c1Cl. The number of hydrogen-bond acceptors (Lipinski definition) is 5. The van der Waals surface area contributed by atoms with Gasteiger partial charge < -0.3 is 4.74 Å².